The third-order valence-electron chi connectivity index (χ3n) is 7.89. The first kappa shape index (κ1) is 23.7. The Hall–Kier alpha value is -4.97. The van der Waals surface area contributed by atoms with Crippen molar-refractivity contribution in [2.45, 2.75) is 0 Å². The number of nitrogens with zero attached hydrogens (tertiary/aromatic N) is 2. The number of hydrogen-bond acceptors (Lipinski definition) is 5. The SMILES string of the molecule is c1ccc(-c2nc3c(ccc4oc5cc(N(c6ccccc6)c6cccc7c6sc6ccccc67)ccc5c43)s2)cc1. The Morgan fingerprint density at radius 3 is 2.21 bits per heavy atom. The summed E-state index contributed by atoms with van der Waals surface area (Å²) in [6.45, 7) is 0. The Balaban J connectivity index is 1.26. The van der Waals surface area contributed by atoms with Gasteiger partial charge in [-0.3, -0.25) is 0 Å². The number of aromatic nitrogens is 1. The Bertz CT molecular complexity index is 2420. The predicted octanol–water partition coefficient (Wildman–Crippen LogP) is 11.7. The van der Waals surface area contributed by atoms with Gasteiger partial charge in [-0.1, -0.05) is 78.9 Å². The molecule has 0 aliphatic carbocycles. The van der Waals surface area contributed by atoms with Crippen molar-refractivity contribution < 1.29 is 4.42 Å². The van der Waals surface area contributed by atoms with Crippen LogP contribution in [0.15, 0.2) is 138 Å². The summed E-state index contributed by atoms with van der Waals surface area (Å²) in [5.74, 6) is 0. The van der Waals surface area contributed by atoms with E-state index in [1.807, 2.05) is 17.4 Å². The standard InChI is InChI=1S/C37H22N2OS2/c1-3-10-23(11-4-1)37-38-35-33(42-37)21-20-30-34(35)28-19-18-25(22-31(28)40-30)39(24-12-5-2-6-13-24)29-16-9-15-27-26-14-7-8-17-32(26)41-36(27)29/h1-22H. The maximum absolute atomic E-state index is 6.51. The van der Waals surface area contributed by atoms with Gasteiger partial charge in [-0.15, -0.1) is 22.7 Å². The van der Waals surface area contributed by atoms with Crippen LogP contribution in [0.1, 0.15) is 0 Å². The molecule has 0 bridgehead atoms. The van der Waals surface area contributed by atoms with Gasteiger partial charge in [-0.05, 0) is 48.5 Å². The zero-order valence-corrected chi connectivity index (χ0v) is 24.0. The van der Waals surface area contributed by atoms with Crippen LogP contribution in [-0.4, -0.2) is 4.98 Å². The fourth-order valence-electron chi connectivity index (χ4n) is 6.00. The van der Waals surface area contributed by atoms with Gasteiger partial charge < -0.3 is 9.32 Å². The zero-order chi connectivity index (χ0) is 27.6. The number of thiazole rings is 1. The highest BCUT2D eigenvalue weighted by atomic mass is 32.1. The molecule has 0 aliphatic rings. The van der Waals surface area contributed by atoms with Crippen molar-refractivity contribution in [3.05, 3.63) is 133 Å². The number of thiophene rings is 1. The fourth-order valence-corrected chi connectivity index (χ4v) is 8.18. The van der Waals surface area contributed by atoms with E-state index in [0.717, 1.165) is 59.8 Å². The van der Waals surface area contributed by atoms with Crippen LogP contribution in [0.2, 0.25) is 0 Å². The van der Waals surface area contributed by atoms with Crippen LogP contribution in [0.4, 0.5) is 17.1 Å². The van der Waals surface area contributed by atoms with Crippen molar-refractivity contribution in [2.24, 2.45) is 0 Å². The summed E-state index contributed by atoms with van der Waals surface area (Å²) >= 11 is 3.57. The molecule has 0 radical (unpaired) electrons. The second kappa shape index (κ2) is 9.28. The first-order valence-electron chi connectivity index (χ1n) is 13.9. The monoisotopic (exact) mass is 574 g/mol. The largest absolute Gasteiger partial charge is 0.456 e. The van der Waals surface area contributed by atoms with E-state index in [4.69, 9.17) is 9.40 Å². The van der Waals surface area contributed by atoms with Gasteiger partial charge >= 0.3 is 0 Å². The van der Waals surface area contributed by atoms with Gasteiger partial charge in [0.15, 0.2) is 0 Å². The molecule has 0 aliphatic heterocycles. The number of furan rings is 1. The molecular formula is C37H22N2OS2. The van der Waals surface area contributed by atoms with Crippen LogP contribution in [0.25, 0.3) is 62.9 Å². The molecule has 9 aromatic rings. The average Bonchev–Trinajstić information content (AvgIpc) is 3.75. The molecule has 42 heavy (non-hydrogen) atoms. The molecule has 0 unspecified atom stereocenters. The van der Waals surface area contributed by atoms with Crippen molar-refractivity contribution in [3.63, 3.8) is 0 Å². The van der Waals surface area contributed by atoms with Gasteiger partial charge in [0.2, 0.25) is 0 Å². The van der Waals surface area contributed by atoms with Gasteiger partial charge in [0.1, 0.15) is 16.2 Å². The van der Waals surface area contributed by atoms with Gasteiger partial charge in [0, 0.05) is 43.9 Å². The summed E-state index contributed by atoms with van der Waals surface area (Å²) in [4.78, 5) is 7.43. The van der Waals surface area contributed by atoms with E-state index >= 15 is 0 Å². The third kappa shape index (κ3) is 3.61. The van der Waals surface area contributed by atoms with Gasteiger partial charge in [0.25, 0.3) is 0 Å². The van der Waals surface area contributed by atoms with E-state index in [2.05, 4.69) is 132 Å². The van der Waals surface area contributed by atoms with Crippen LogP contribution in [0.3, 0.4) is 0 Å². The molecular weight excluding hydrogens is 553 g/mol. The summed E-state index contributed by atoms with van der Waals surface area (Å²) in [7, 11) is 0. The minimum atomic E-state index is 0.855. The van der Waals surface area contributed by atoms with Crippen molar-refractivity contribution >= 4 is 92.1 Å². The van der Waals surface area contributed by atoms with E-state index in [1.165, 1.54) is 20.2 Å². The lowest BCUT2D eigenvalue weighted by Crippen LogP contribution is -2.09. The van der Waals surface area contributed by atoms with Crippen molar-refractivity contribution in [1.29, 1.82) is 0 Å². The van der Waals surface area contributed by atoms with Gasteiger partial charge in [0.05, 0.1) is 26.0 Å². The first-order chi connectivity index (χ1) is 20.8. The van der Waals surface area contributed by atoms with Crippen molar-refractivity contribution in [1.82, 2.24) is 4.98 Å². The van der Waals surface area contributed by atoms with Gasteiger partial charge in [-0.25, -0.2) is 4.98 Å². The average molecular weight is 575 g/mol. The Kier molecular flexibility index (Phi) is 5.24. The minimum Gasteiger partial charge on any atom is -0.456 e. The lowest BCUT2D eigenvalue weighted by molar-refractivity contribution is 0.669. The molecule has 0 spiro atoms. The Labute approximate surface area is 249 Å². The molecule has 198 valence electrons. The van der Waals surface area contributed by atoms with E-state index in [-0.39, 0.29) is 0 Å². The molecule has 0 fully saturated rings. The number of fused-ring (bicyclic) bond motifs is 8. The second-order valence-electron chi connectivity index (χ2n) is 10.4. The summed E-state index contributed by atoms with van der Waals surface area (Å²) in [6.07, 6.45) is 0. The summed E-state index contributed by atoms with van der Waals surface area (Å²) in [5.41, 5.74) is 7.16. The number of anilines is 3. The van der Waals surface area contributed by atoms with E-state index in [9.17, 15) is 0 Å². The van der Waals surface area contributed by atoms with E-state index < -0.39 is 0 Å². The zero-order valence-electron chi connectivity index (χ0n) is 22.3. The van der Waals surface area contributed by atoms with Crippen LogP contribution >= 0.6 is 22.7 Å². The quantitative estimate of drug-likeness (QED) is 0.209. The smallest absolute Gasteiger partial charge is 0.137 e. The molecule has 5 heteroatoms. The highest BCUT2D eigenvalue weighted by molar-refractivity contribution is 7.26. The van der Waals surface area contributed by atoms with Crippen molar-refractivity contribution in [3.8, 4) is 10.6 Å². The van der Waals surface area contributed by atoms with E-state index in [1.54, 1.807) is 11.3 Å². The summed E-state index contributed by atoms with van der Waals surface area (Å²) in [5, 5.41) is 5.75. The number of benzene rings is 6. The molecule has 6 aromatic carbocycles. The number of hydrogen-bond donors (Lipinski definition) is 0. The van der Waals surface area contributed by atoms with Crippen LogP contribution in [0, 0.1) is 0 Å². The first-order valence-corrected chi connectivity index (χ1v) is 15.5. The molecule has 0 N–H and O–H groups in total. The number of para-hydroxylation sites is 1. The van der Waals surface area contributed by atoms with Crippen LogP contribution < -0.4 is 4.90 Å². The van der Waals surface area contributed by atoms with Crippen LogP contribution in [0.5, 0.6) is 0 Å². The highest BCUT2D eigenvalue weighted by Gasteiger charge is 2.20. The van der Waals surface area contributed by atoms with Crippen molar-refractivity contribution in [2.75, 3.05) is 4.90 Å². The lowest BCUT2D eigenvalue weighted by atomic mass is 10.1. The topological polar surface area (TPSA) is 29.3 Å². The molecule has 3 aromatic heterocycles. The van der Waals surface area contributed by atoms with Crippen LogP contribution in [-0.2, 0) is 0 Å². The molecule has 0 amide bonds. The summed E-state index contributed by atoms with van der Waals surface area (Å²) in [6, 6.07) is 47.0. The molecule has 3 nitrogen and oxygen atoms in total. The maximum Gasteiger partial charge on any atom is 0.137 e. The lowest BCUT2D eigenvalue weighted by Gasteiger charge is -2.26. The number of rotatable bonds is 4. The third-order valence-corrected chi connectivity index (χ3v) is 10.2. The van der Waals surface area contributed by atoms with E-state index in [0.29, 0.717) is 0 Å². The predicted molar refractivity (Wildman–Crippen MR) is 180 cm³/mol. The minimum absolute atomic E-state index is 0.855. The summed E-state index contributed by atoms with van der Waals surface area (Å²) < 4.78 is 10.2. The maximum atomic E-state index is 6.51. The Morgan fingerprint density at radius 1 is 0.548 bits per heavy atom. The highest BCUT2D eigenvalue weighted by Crippen LogP contribution is 2.46. The second-order valence-corrected chi connectivity index (χ2v) is 12.5. The molecule has 9 rings (SSSR count). The molecule has 3 heterocycles. The normalized spacial score (nSPS) is 11.8. The fraction of sp³-hybridized carbons (Fsp3) is 0. The van der Waals surface area contributed by atoms with Gasteiger partial charge in [-0.2, -0.15) is 0 Å². The molecule has 0 saturated carbocycles. The molecule has 0 saturated heterocycles. The molecule has 0 atom stereocenters. The Morgan fingerprint density at radius 2 is 1.33 bits per heavy atom.